The van der Waals surface area contributed by atoms with E-state index in [1.54, 1.807) is 12.1 Å². The molecule has 0 saturated carbocycles. The van der Waals surface area contributed by atoms with Crippen LogP contribution in [0, 0.1) is 0 Å². The van der Waals surface area contributed by atoms with Crippen LogP contribution < -0.4 is 0 Å². The second-order valence-electron chi connectivity index (χ2n) is 4.95. The van der Waals surface area contributed by atoms with E-state index in [4.69, 9.17) is 4.42 Å². The van der Waals surface area contributed by atoms with E-state index in [-0.39, 0.29) is 11.9 Å². The SMILES string of the molecule is CN(C)C[C@@H]1CSCCCN1C(=O)c1ccc(Br)o1. The zero-order valence-electron chi connectivity index (χ0n) is 11.3. The Bertz CT molecular complexity index is 436. The third-order valence-electron chi connectivity index (χ3n) is 3.06. The predicted octanol–water partition coefficient (Wildman–Crippen LogP) is 2.55. The Morgan fingerprint density at radius 1 is 1.58 bits per heavy atom. The fourth-order valence-electron chi connectivity index (χ4n) is 2.24. The van der Waals surface area contributed by atoms with Gasteiger partial charge in [-0.1, -0.05) is 0 Å². The molecule has 1 fully saturated rings. The lowest BCUT2D eigenvalue weighted by molar-refractivity contribution is 0.0642. The molecule has 1 aromatic heterocycles. The first-order chi connectivity index (χ1) is 9.08. The van der Waals surface area contributed by atoms with E-state index in [1.165, 1.54) is 0 Å². The molecular weight excluding hydrogens is 328 g/mol. The molecule has 106 valence electrons. The van der Waals surface area contributed by atoms with E-state index >= 15 is 0 Å². The third kappa shape index (κ3) is 4.00. The number of carbonyl (C=O) groups is 1. The molecule has 1 saturated heterocycles. The monoisotopic (exact) mass is 346 g/mol. The molecule has 19 heavy (non-hydrogen) atoms. The van der Waals surface area contributed by atoms with E-state index in [1.807, 2.05) is 30.8 Å². The Labute approximate surface area is 126 Å². The summed E-state index contributed by atoms with van der Waals surface area (Å²) in [6.07, 6.45) is 1.04. The van der Waals surface area contributed by atoms with Gasteiger partial charge in [0.05, 0.1) is 6.04 Å². The van der Waals surface area contributed by atoms with Crippen molar-refractivity contribution in [2.24, 2.45) is 0 Å². The minimum atomic E-state index is 0.0000463. The van der Waals surface area contributed by atoms with Crippen molar-refractivity contribution in [3.8, 4) is 0 Å². The zero-order valence-corrected chi connectivity index (χ0v) is 13.7. The number of rotatable bonds is 3. The molecule has 0 unspecified atom stereocenters. The normalized spacial score (nSPS) is 20.6. The fraction of sp³-hybridized carbons (Fsp3) is 0.615. The van der Waals surface area contributed by atoms with Gasteiger partial charge in [-0.25, -0.2) is 0 Å². The molecule has 0 N–H and O–H groups in total. The number of carbonyl (C=O) groups excluding carboxylic acids is 1. The summed E-state index contributed by atoms with van der Waals surface area (Å²) in [7, 11) is 4.09. The van der Waals surface area contributed by atoms with Gasteiger partial charge in [0.2, 0.25) is 0 Å². The molecule has 1 aliphatic heterocycles. The number of thioether (sulfide) groups is 1. The molecule has 0 aromatic carbocycles. The second kappa shape index (κ2) is 6.81. The van der Waals surface area contributed by atoms with Crippen molar-refractivity contribution in [1.82, 2.24) is 9.80 Å². The lowest BCUT2D eigenvalue weighted by Gasteiger charge is -2.31. The largest absolute Gasteiger partial charge is 0.444 e. The van der Waals surface area contributed by atoms with Gasteiger partial charge in [-0.3, -0.25) is 4.79 Å². The summed E-state index contributed by atoms with van der Waals surface area (Å²) in [6, 6.07) is 3.75. The number of furan rings is 1. The molecule has 6 heteroatoms. The van der Waals surface area contributed by atoms with Gasteiger partial charge >= 0.3 is 0 Å². The van der Waals surface area contributed by atoms with Gasteiger partial charge in [0, 0.05) is 18.8 Å². The molecule has 2 rings (SSSR count). The quantitative estimate of drug-likeness (QED) is 0.842. The summed E-state index contributed by atoms with van der Waals surface area (Å²) in [5, 5.41) is 0. The first-order valence-electron chi connectivity index (χ1n) is 6.36. The van der Waals surface area contributed by atoms with Crippen molar-refractivity contribution < 1.29 is 9.21 Å². The molecule has 1 aliphatic rings. The Morgan fingerprint density at radius 3 is 3.00 bits per heavy atom. The highest BCUT2D eigenvalue weighted by Gasteiger charge is 2.28. The Hall–Kier alpha value is -0.460. The highest BCUT2D eigenvalue weighted by Crippen LogP contribution is 2.21. The van der Waals surface area contributed by atoms with Gasteiger partial charge < -0.3 is 14.2 Å². The Morgan fingerprint density at radius 2 is 2.37 bits per heavy atom. The lowest BCUT2D eigenvalue weighted by atomic mass is 10.2. The summed E-state index contributed by atoms with van der Waals surface area (Å²) >= 11 is 5.17. The Kier molecular flexibility index (Phi) is 5.36. The van der Waals surface area contributed by atoms with E-state index in [0.29, 0.717) is 10.4 Å². The molecule has 0 spiro atoms. The number of amides is 1. The average Bonchev–Trinajstić information content (AvgIpc) is 2.65. The molecule has 0 aliphatic carbocycles. The van der Waals surface area contributed by atoms with Gasteiger partial charge in [0.1, 0.15) is 0 Å². The maximum Gasteiger partial charge on any atom is 0.289 e. The minimum absolute atomic E-state index is 0.0000463. The van der Waals surface area contributed by atoms with E-state index < -0.39 is 0 Å². The van der Waals surface area contributed by atoms with Crippen LogP contribution in [-0.2, 0) is 0 Å². The first kappa shape index (κ1) is 14.9. The van der Waals surface area contributed by atoms with Gasteiger partial charge in [-0.15, -0.1) is 0 Å². The summed E-state index contributed by atoms with van der Waals surface area (Å²) in [6.45, 7) is 1.70. The van der Waals surface area contributed by atoms with Gasteiger partial charge in [-0.05, 0) is 54.3 Å². The van der Waals surface area contributed by atoms with Crippen molar-refractivity contribution in [2.75, 3.05) is 38.7 Å². The van der Waals surface area contributed by atoms with Crippen LogP contribution in [0.4, 0.5) is 0 Å². The molecule has 0 bridgehead atoms. The van der Waals surface area contributed by atoms with Crippen molar-refractivity contribution in [3.63, 3.8) is 0 Å². The molecule has 1 atom stereocenters. The average molecular weight is 347 g/mol. The van der Waals surface area contributed by atoms with Crippen molar-refractivity contribution in [1.29, 1.82) is 0 Å². The van der Waals surface area contributed by atoms with Crippen LogP contribution in [0.1, 0.15) is 17.0 Å². The topological polar surface area (TPSA) is 36.7 Å². The Balaban J connectivity index is 2.14. The van der Waals surface area contributed by atoms with E-state index in [9.17, 15) is 4.79 Å². The van der Waals surface area contributed by atoms with Gasteiger partial charge in [-0.2, -0.15) is 11.8 Å². The van der Waals surface area contributed by atoms with Crippen LogP contribution in [-0.4, -0.2) is 60.4 Å². The van der Waals surface area contributed by atoms with Crippen LogP contribution in [0.25, 0.3) is 0 Å². The maximum atomic E-state index is 12.5. The summed E-state index contributed by atoms with van der Waals surface area (Å²) in [5.74, 6) is 2.53. The smallest absolute Gasteiger partial charge is 0.289 e. The van der Waals surface area contributed by atoms with Gasteiger partial charge in [0.15, 0.2) is 10.4 Å². The van der Waals surface area contributed by atoms with Crippen molar-refractivity contribution in [2.45, 2.75) is 12.5 Å². The standard InChI is InChI=1S/C13H19BrN2O2S/c1-15(2)8-10-9-19-7-3-6-16(10)13(17)11-4-5-12(14)18-11/h4-5,10H,3,6-9H2,1-2H3/t10-/m1/s1. The summed E-state index contributed by atoms with van der Waals surface area (Å²) < 4.78 is 6.00. The van der Waals surface area contributed by atoms with Crippen LogP contribution in [0.3, 0.4) is 0 Å². The highest BCUT2D eigenvalue weighted by molar-refractivity contribution is 9.10. The zero-order chi connectivity index (χ0) is 13.8. The summed E-state index contributed by atoms with van der Waals surface area (Å²) in [5.41, 5.74) is 0. The lowest BCUT2D eigenvalue weighted by Crippen LogP contribution is -2.46. The molecule has 4 nitrogen and oxygen atoms in total. The number of halogens is 1. The second-order valence-corrected chi connectivity index (χ2v) is 6.88. The van der Waals surface area contributed by atoms with E-state index in [2.05, 4.69) is 20.8 Å². The van der Waals surface area contributed by atoms with Crippen LogP contribution in [0.15, 0.2) is 21.2 Å². The van der Waals surface area contributed by atoms with Crippen LogP contribution in [0.5, 0.6) is 0 Å². The van der Waals surface area contributed by atoms with Crippen molar-refractivity contribution >= 4 is 33.6 Å². The fourth-order valence-corrected chi connectivity index (χ4v) is 3.60. The van der Waals surface area contributed by atoms with Gasteiger partial charge in [0.25, 0.3) is 5.91 Å². The predicted molar refractivity (Wildman–Crippen MR) is 81.7 cm³/mol. The minimum Gasteiger partial charge on any atom is -0.444 e. The number of hydrogen-bond donors (Lipinski definition) is 0. The first-order valence-corrected chi connectivity index (χ1v) is 8.31. The molecule has 1 amide bonds. The molecular formula is C13H19BrN2O2S. The number of likely N-dealkylation sites (N-methyl/N-ethyl adjacent to an activating group) is 1. The third-order valence-corrected chi connectivity index (χ3v) is 4.68. The molecule has 0 radical (unpaired) electrons. The summed E-state index contributed by atoms with van der Waals surface area (Å²) in [4.78, 5) is 16.6. The maximum absolute atomic E-state index is 12.5. The number of nitrogens with zero attached hydrogens (tertiary/aromatic N) is 2. The number of hydrogen-bond acceptors (Lipinski definition) is 4. The van der Waals surface area contributed by atoms with Crippen LogP contribution >= 0.6 is 27.7 Å². The highest BCUT2D eigenvalue weighted by atomic mass is 79.9. The molecule has 2 heterocycles. The molecule has 1 aromatic rings. The van der Waals surface area contributed by atoms with Crippen molar-refractivity contribution in [3.05, 3.63) is 22.6 Å². The van der Waals surface area contributed by atoms with E-state index in [0.717, 1.165) is 31.0 Å². The van der Waals surface area contributed by atoms with Crippen LogP contribution in [0.2, 0.25) is 0 Å².